The van der Waals surface area contributed by atoms with Crippen molar-refractivity contribution in [3.8, 4) is 5.75 Å². The number of hydrogen-bond donors (Lipinski definition) is 2. The largest absolute Gasteiger partial charge is 0.492 e. The summed E-state index contributed by atoms with van der Waals surface area (Å²) in [6.07, 6.45) is 3.33. The van der Waals surface area contributed by atoms with Crippen LogP contribution in [0.4, 0.5) is 4.39 Å². The Bertz CT molecular complexity index is 589. The standard InChI is InChI=1S/C15H18FN3O/c1-3-20-13-6-11(8-18-9-13)15(19-17)14-7-12(16)5-4-10(14)2/h4-9,15,19H,3,17H2,1-2H3. The van der Waals surface area contributed by atoms with E-state index in [0.717, 1.165) is 16.7 Å². The van der Waals surface area contributed by atoms with Gasteiger partial charge in [0.25, 0.3) is 0 Å². The summed E-state index contributed by atoms with van der Waals surface area (Å²) >= 11 is 0. The van der Waals surface area contributed by atoms with Crippen LogP contribution in [0.15, 0.2) is 36.7 Å². The number of hydrogen-bond acceptors (Lipinski definition) is 4. The zero-order chi connectivity index (χ0) is 14.5. The van der Waals surface area contributed by atoms with Crippen molar-refractivity contribution in [3.63, 3.8) is 0 Å². The smallest absolute Gasteiger partial charge is 0.137 e. The molecule has 3 N–H and O–H groups in total. The van der Waals surface area contributed by atoms with E-state index in [1.807, 2.05) is 19.9 Å². The van der Waals surface area contributed by atoms with Crippen molar-refractivity contribution in [2.45, 2.75) is 19.9 Å². The molecule has 0 bridgehead atoms. The van der Waals surface area contributed by atoms with E-state index < -0.39 is 0 Å². The Kier molecular flexibility index (Phi) is 4.65. The van der Waals surface area contributed by atoms with E-state index in [2.05, 4.69) is 10.4 Å². The molecule has 1 atom stereocenters. The molecule has 0 saturated carbocycles. The SMILES string of the molecule is CCOc1cncc(C(NN)c2cc(F)ccc2C)c1. The first kappa shape index (κ1) is 14.4. The van der Waals surface area contributed by atoms with Gasteiger partial charge in [-0.2, -0.15) is 0 Å². The molecule has 0 spiro atoms. The van der Waals surface area contributed by atoms with Gasteiger partial charge in [-0.25, -0.2) is 9.82 Å². The third-order valence-electron chi connectivity index (χ3n) is 3.10. The minimum Gasteiger partial charge on any atom is -0.492 e. The number of aromatic nitrogens is 1. The van der Waals surface area contributed by atoms with E-state index in [1.54, 1.807) is 18.5 Å². The normalized spacial score (nSPS) is 12.2. The van der Waals surface area contributed by atoms with Crippen molar-refractivity contribution in [2.24, 2.45) is 5.84 Å². The van der Waals surface area contributed by atoms with Crippen molar-refractivity contribution in [2.75, 3.05) is 6.61 Å². The fraction of sp³-hybridized carbons (Fsp3) is 0.267. The van der Waals surface area contributed by atoms with Gasteiger partial charge < -0.3 is 4.74 Å². The van der Waals surface area contributed by atoms with Gasteiger partial charge in [0.1, 0.15) is 11.6 Å². The molecule has 0 fully saturated rings. The molecule has 0 aliphatic carbocycles. The molecule has 4 nitrogen and oxygen atoms in total. The van der Waals surface area contributed by atoms with Crippen LogP contribution in [0.25, 0.3) is 0 Å². The Morgan fingerprint density at radius 3 is 2.85 bits per heavy atom. The summed E-state index contributed by atoms with van der Waals surface area (Å²) in [7, 11) is 0. The molecule has 0 amide bonds. The van der Waals surface area contributed by atoms with Crippen LogP contribution in [0.3, 0.4) is 0 Å². The van der Waals surface area contributed by atoms with E-state index in [-0.39, 0.29) is 11.9 Å². The summed E-state index contributed by atoms with van der Waals surface area (Å²) in [6.45, 7) is 4.38. The van der Waals surface area contributed by atoms with Gasteiger partial charge in [-0.1, -0.05) is 6.07 Å². The first-order chi connectivity index (χ1) is 9.65. The van der Waals surface area contributed by atoms with Gasteiger partial charge >= 0.3 is 0 Å². The number of benzene rings is 1. The second-order valence-electron chi connectivity index (χ2n) is 4.49. The maximum atomic E-state index is 13.5. The summed E-state index contributed by atoms with van der Waals surface area (Å²) in [6, 6.07) is 6.16. The minimum absolute atomic E-state index is 0.292. The fourth-order valence-electron chi connectivity index (χ4n) is 2.13. The highest BCUT2D eigenvalue weighted by atomic mass is 19.1. The van der Waals surface area contributed by atoms with Crippen molar-refractivity contribution >= 4 is 0 Å². The fourth-order valence-corrected chi connectivity index (χ4v) is 2.13. The van der Waals surface area contributed by atoms with E-state index in [9.17, 15) is 4.39 Å². The van der Waals surface area contributed by atoms with Gasteiger partial charge in [-0.15, -0.1) is 0 Å². The average Bonchev–Trinajstić information content (AvgIpc) is 2.44. The lowest BCUT2D eigenvalue weighted by molar-refractivity contribution is 0.338. The Morgan fingerprint density at radius 1 is 1.35 bits per heavy atom. The molecule has 0 radical (unpaired) electrons. The van der Waals surface area contributed by atoms with Gasteiger partial charge in [0.05, 0.1) is 18.8 Å². The topological polar surface area (TPSA) is 60.2 Å². The van der Waals surface area contributed by atoms with Crippen LogP contribution in [0, 0.1) is 12.7 Å². The Labute approximate surface area is 117 Å². The first-order valence-corrected chi connectivity index (χ1v) is 6.45. The molecule has 0 aliphatic heterocycles. The van der Waals surface area contributed by atoms with E-state index in [0.29, 0.717) is 12.4 Å². The Balaban J connectivity index is 2.41. The minimum atomic E-state index is -0.335. The molecule has 1 unspecified atom stereocenters. The number of halogens is 1. The molecule has 1 heterocycles. The predicted octanol–water partition coefficient (Wildman–Crippen LogP) is 2.48. The molecule has 1 aromatic carbocycles. The summed E-state index contributed by atoms with van der Waals surface area (Å²) in [5.41, 5.74) is 5.27. The molecule has 1 aromatic heterocycles. The molecular formula is C15H18FN3O. The van der Waals surface area contributed by atoms with E-state index >= 15 is 0 Å². The zero-order valence-electron chi connectivity index (χ0n) is 11.6. The molecule has 0 saturated heterocycles. The second-order valence-corrected chi connectivity index (χ2v) is 4.49. The summed E-state index contributed by atoms with van der Waals surface area (Å²) in [5, 5.41) is 0. The zero-order valence-corrected chi connectivity index (χ0v) is 11.6. The number of nitrogens with zero attached hydrogens (tertiary/aromatic N) is 1. The van der Waals surface area contributed by atoms with Crippen LogP contribution in [-0.2, 0) is 0 Å². The highest BCUT2D eigenvalue weighted by molar-refractivity contribution is 5.38. The van der Waals surface area contributed by atoms with Crippen molar-refractivity contribution in [1.82, 2.24) is 10.4 Å². The molecule has 0 aliphatic rings. The van der Waals surface area contributed by atoms with Crippen LogP contribution in [-0.4, -0.2) is 11.6 Å². The van der Waals surface area contributed by atoms with Crippen molar-refractivity contribution in [1.29, 1.82) is 0 Å². The summed E-state index contributed by atoms with van der Waals surface area (Å²) in [5.74, 6) is 6.01. The number of aryl methyl sites for hydroxylation is 1. The summed E-state index contributed by atoms with van der Waals surface area (Å²) < 4.78 is 18.9. The lowest BCUT2D eigenvalue weighted by Crippen LogP contribution is -2.29. The molecular weight excluding hydrogens is 257 g/mol. The third-order valence-corrected chi connectivity index (χ3v) is 3.10. The first-order valence-electron chi connectivity index (χ1n) is 6.45. The number of hydrazine groups is 1. The van der Waals surface area contributed by atoms with Crippen LogP contribution in [0.5, 0.6) is 5.75 Å². The van der Waals surface area contributed by atoms with Crippen LogP contribution in [0.2, 0.25) is 0 Å². The van der Waals surface area contributed by atoms with Crippen LogP contribution < -0.4 is 16.0 Å². The maximum absolute atomic E-state index is 13.5. The van der Waals surface area contributed by atoms with Gasteiger partial charge in [0.15, 0.2) is 0 Å². The highest BCUT2D eigenvalue weighted by Gasteiger charge is 2.16. The van der Waals surface area contributed by atoms with Crippen molar-refractivity contribution < 1.29 is 9.13 Å². The quantitative estimate of drug-likeness (QED) is 0.650. The van der Waals surface area contributed by atoms with Gasteiger partial charge in [-0.3, -0.25) is 10.8 Å². The predicted molar refractivity (Wildman–Crippen MR) is 75.7 cm³/mol. The third kappa shape index (κ3) is 3.12. The number of rotatable bonds is 5. The molecule has 106 valence electrons. The number of pyridine rings is 1. The van der Waals surface area contributed by atoms with E-state index in [1.165, 1.54) is 12.1 Å². The van der Waals surface area contributed by atoms with Gasteiger partial charge in [-0.05, 0) is 48.7 Å². The lowest BCUT2D eigenvalue weighted by atomic mass is 9.96. The highest BCUT2D eigenvalue weighted by Crippen LogP contribution is 2.26. The molecule has 5 heteroatoms. The number of nitrogens with one attached hydrogen (secondary N) is 1. The maximum Gasteiger partial charge on any atom is 0.137 e. The second kappa shape index (κ2) is 6.45. The van der Waals surface area contributed by atoms with Gasteiger partial charge in [0.2, 0.25) is 0 Å². The Hall–Kier alpha value is -1.98. The van der Waals surface area contributed by atoms with Gasteiger partial charge in [0, 0.05) is 6.20 Å². The molecule has 2 aromatic rings. The summed E-state index contributed by atoms with van der Waals surface area (Å²) in [4.78, 5) is 4.14. The van der Waals surface area contributed by atoms with Crippen LogP contribution >= 0.6 is 0 Å². The molecule has 20 heavy (non-hydrogen) atoms. The number of nitrogens with two attached hydrogens (primary N) is 1. The monoisotopic (exact) mass is 275 g/mol. The number of ether oxygens (including phenoxy) is 1. The van der Waals surface area contributed by atoms with E-state index in [4.69, 9.17) is 10.6 Å². The van der Waals surface area contributed by atoms with Crippen LogP contribution in [0.1, 0.15) is 29.7 Å². The Morgan fingerprint density at radius 2 is 2.15 bits per heavy atom. The van der Waals surface area contributed by atoms with Crippen molar-refractivity contribution in [3.05, 3.63) is 59.2 Å². The average molecular weight is 275 g/mol. The molecule has 2 rings (SSSR count). The lowest BCUT2D eigenvalue weighted by Gasteiger charge is -2.19.